The van der Waals surface area contributed by atoms with Crippen molar-refractivity contribution in [3.8, 4) is 3.32 Å². The first-order valence-electron chi connectivity index (χ1n) is 4.36. The van der Waals surface area contributed by atoms with Gasteiger partial charge in [-0.2, -0.15) is 13.2 Å². The molecular weight excluding hydrogens is 262 g/mol. The number of nitrogens with two attached hydrogens (primary N) is 1. The number of para-hydroxylation sites is 1. The van der Waals surface area contributed by atoms with Crippen molar-refractivity contribution in [1.29, 1.82) is 5.26 Å². The van der Waals surface area contributed by atoms with Gasteiger partial charge in [-0.15, -0.1) is 0 Å². The Morgan fingerprint density at radius 2 is 1.88 bits per heavy atom. The molecule has 1 aromatic rings. The summed E-state index contributed by atoms with van der Waals surface area (Å²) in [5.74, 6) is 0. The van der Waals surface area contributed by atoms with Crippen LogP contribution in [0.25, 0.3) is 0 Å². The fraction of sp³-hybridized carbons (Fsp3) is 0.111. The van der Waals surface area contributed by atoms with Gasteiger partial charge in [0, 0.05) is 0 Å². The maximum atomic E-state index is 12.4. The van der Waals surface area contributed by atoms with Gasteiger partial charge >= 0.3 is 42.7 Å². The Kier molecular flexibility index (Phi) is 7.15. The molecule has 0 bridgehead atoms. The number of halogens is 3. The predicted octanol–water partition coefficient (Wildman–Crippen LogP) is 2.00. The van der Waals surface area contributed by atoms with Crippen LogP contribution in [0.3, 0.4) is 0 Å². The van der Waals surface area contributed by atoms with Crippen LogP contribution in [0.1, 0.15) is 5.56 Å². The quantitative estimate of drug-likeness (QED) is 0.604. The Bertz CT molecular complexity index is 428. The molecule has 3 N–H and O–H groups in total. The second kappa shape index (κ2) is 7.50. The van der Waals surface area contributed by atoms with Gasteiger partial charge in [-0.3, -0.25) is 0 Å². The number of hydrogen-bond donors (Lipinski definition) is 2. The van der Waals surface area contributed by atoms with Crippen LogP contribution in [-0.2, 0) is 6.18 Å². The zero-order valence-corrected chi connectivity index (χ0v) is 11.7. The number of anilines is 1. The van der Waals surface area contributed by atoms with E-state index < -0.39 is 11.7 Å². The number of nitrogens with zero attached hydrogens (tertiary/aromatic N) is 1. The zero-order valence-electron chi connectivity index (χ0n) is 8.88. The van der Waals surface area contributed by atoms with E-state index in [0.29, 0.717) is 27.9 Å². The Labute approximate surface area is 119 Å². The average molecular weight is 269 g/mol. The first-order chi connectivity index (χ1) is 7.82. The van der Waals surface area contributed by atoms with Crippen LogP contribution in [0, 0.1) is 8.58 Å². The molecule has 0 saturated carbocycles. The van der Waals surface area contributed by atoms with Crippen LogP contribution in [0.2, 0.25) is 0 Å². The van der Waals surface area contributed by atoms with Crippen LogP contribution in [0.5, 0.6) is 0 Å². The molecule has 0 radical (unpaired) electrons. The van der Waals surface area contributed by atoms with Crippen LogP contribution in [0.15, 0.2) is 24.3 Å². The number of rotatable bonds is 1. The molecule has 0 aliphatic carbocycles. The van der Waals surface area contributed by atoms with Crippen molar-refractivity contribution in [2.75, 3.05) is 5.32 Å². The monoisotopic (exact) mass is 269 g/mol. The number of alkyl halides is 3. The van der Waals surface area contributed by atoms with Gasteiger partial charge in [0.15, 0.2) is 5.11 Å². The Hall–Kier alpha value is -0.810. The summed E-state index contributed by atoms with van der Waals surface area (Å²) >= 11 is 5.13. The van der Waals surface area contributed by atoms with E-state index in [1.807, 2.05) is 3.32 Å². The van der Waals surface area contributed by atoms with Crippen molar-refractivity contribution in [1.82, 2.24) is 0 Å². The molecule has 0 amide bonds. The largest absolute Gasteiger partial charge is 0.418 e. The third kappa shape index (κ3) is 6.48. The number of hydrogen-bond acceptors (Lipinski definition) is 2. The summed E-state index contributed by atoms with van der Waals surface area (Å²) in [6.45, 7) is 0. The minimum Gasteiger partial charge on any atom is -0.376 e. The van der Waals surface area contributed by atoms with Gasteiger partial charge < -0.3 is 11.1 Å². The first-order valence-corrected chi connectivity index (χ1v) is 5.77. The van der Waals surface area contributed by atoms with Crippen molar-refractivity contribution in [2.24, 2.45) is 5.73 Å². The van der Waals surface area contributed by atoms with E-state index in [1.165, 1.54) is 18.2 Å². The molecule has 0 fully saturated rings. The van der Waals surface area contributed by atoms with Gasteiger partial charge in [-0.05, 0) is 24.4 Å². The van der Waals surface area contributed by atoms with E-state index >= 15 is 0 Å². The molecule has 8 heteroatoms. The Morgan fingerprint density at radius 1 is 1.41 bits per heavy atom. The molecule has 0 unspecified atom stereocenters. The molecule has 0 aliphatic heterocycles. The summed E-state index contributed by atoms with van der Waals surface area (Å²) in [6.07, 6.45) is -4.41. The van der Waals surface area contributed by atoms with Crippen molar-refractivity contribution in [2.45, 2.75) is 6.18 Å². The fourth-order valence-corrected chi connectivity index (χ4v) is 1.08. The van der Waals surface area contributed by atoms with Gasteiger partial charge in [-0.1, -0.05) is 12.1 Å². The number of nitriles is 1. The van der Waals surface area contributed by atoms with Crippen LogP contribution < -0.4 is 11.1 Å². The van der Waals surface area contributed by atoms with Gasteiger partial charge in [0.1, 0.15) is 0 Å². The Morgan fingerprint density at radius 3 is 2.29 bits per heavy atom. The van der Waals surface area contributed by atoms with E-state index in [0.717, 1.165) is 6.07 Å². The summed E-state index contributed by atoms with van der Waals surface area (Å²) in [4.78, 5) is 0. The second-order valence-electron chi connectivity index (χ2n) is 2.76. The summed E-state index contributed by atoms with van der Waals surface area (Å²) in [6, 6.07) is 4.99. The third-order valence-electron chi connectivity index (χ3n) is 1.49. The first kappa shape index (κ1) is 16.2. The van der Waals surface area contributed by atoms with Crippen molar-refractivity contribution in [3.63, 3.8) is 0 Å². The Balaban J connectivity index is 0.000000770. The summed E-state index contributed by atoms with van der Waals surface area (Å²) in [7, 11) is 0. The maximum Gasteiger partial charge on any atom is 0.418 e. The SMILES string of the molecule is N#[C][Na].NC(=S)Nc1ccccc1C(F)(F)F. The molecule has 0 atom stereocenters. The van der Waals surface area contributed by atoms with E-state index in [1.54, 1.807) is 0 Å². The van der Waals surface area contributed by atoms with Crippen molar-refractivity contribution < 1.29 is 13.2 Å². The normalized spacial score (nSPS) is 9.65. The smallest absolute Gasteiger partial charge is 0.376 e. The number of benzene rings is 1. The molecule has 0 aromatic heterocycles. The molecule has 17 heavy (non-hydrogen) atoms. The van der Waals surface area contributed by atoms with Gasteiger partial charge in [-0.25, -0.2) is 0 Å². The van der Waals surface area contributed by atoms with Crippen molar-refractivity contribution >= 4 is 50.9 Å². The molecule has 3 nitrogen and oxygen atoms in total. The topological polar surface area (TPSA) is 61.8 Å². The van der Waals surface area contributed by atoms with Gasteiger partial charge in [0.25, 0.3) is 0 Å². The van der Waals surface area contributed by atoms with Crippen molar-refractivity contribution in [3.05, 3.63) is 29.8 Å². The van der Waals surface area contributed by atoms with E-state index in [-0.39, 0.29) is 10.8 Å². The zero-order chi connectivity index (χ0) is 13.5. The summed E-state index contributed by atoms with van der Waals surface area (Å²) < 4.78 is 39.0. The standard InChI is InChI=1S/C8H7F3N2S.CN.Na/c9-8(10,11)5-3-1-2-4-6(5)13-7(12)14;1-2;/h1-4H,(H3,12,13,14);;. The number of nitrogens with one attached hydrogen (secondary N) is 1. The van der Waals surface area contributed by atoms with E-state index in [4.69, 9.17) is 11.0 Å². The molecule has 0 spiro atoms. The average Bonchev–Trinajstić information content (AvgIpc) is 2.17. The fourth-order valence-electron chi connectivity index (χ4n) is 0.972. The summed E-state index contributed by atoms with van der Waals surface area (Å²) in [5.41, 5.74) is 4.17. The van der Waals surface area contributed by atoms with E-state index in [9.17, 15) is 13.2 Å². The molecule has 1 aromatic carbocycles. The minimum absolute atomic E-state index is 0.132. The predicted molar refractivity (Wildman–Crippen MR) is 63.2 cm³/mol. The molecule has 0 heterocycles. The second-order valence-corrected chi connectivity index (χ2v) is 3.64. The minimum atomic E-state index is -4.41. The maximum absolute atomic E-state index is 12.4. The van der Waals surface area contributed by atoms with Crippen LogP contribution >= 0.6 is 12.2 Å². The number of thiocarbonyl (C=S) groups is 1. The molecule has 1 rings (SSSR count). The van der Waals surface area contributed by atoms with Crippen LogP contribution in [0.4, 0.5) is 18.9 Å². The molecule has 0 aliphatic rings. The summed E-state index contributed by atoms with van der Waals surface area (Å²) in [5, 5.41) is 9.46. The van der Waals surface area contributed by atoms with Gasteiger partial charge in [0.05, 0.1) is 11.3 Å². The van der Waals surface area contributed by atoms with Crippen LogP contribution in [-0.4, -0.2) is 33.0 Å². The molecule has 0 saturated heterocycles. The molecular formula is C9H7F3N3NaS. The molecule has 86 valence electrons. The van der Waals surface area contributed by atoms with E-state index in [2.05, 4.69) is 17.5 Å². The van der Waals surface area contributed by atoms with Gasteiger partial charge in [0.2, 0.25) is 0 Å². The third-order valence-corrected chi connectivity index (χ3v) is 1.59.